The van der Waals surface area contributed by atoms with E-state index in [9.17, 15) is 14.4 Å². The fourth-order valence-electron chi connectivity index (χ4n) is 2.10. The second-order valence-corrected chi connectivity index (χ2v) is 5.36. The average molecular weight is 343 g/mol. The maximum atomic E-state index is 12.0. The van der Waals surface area contributed by atoms with Gasteiger partial charge in [-0.05, 0) is 42.8 Å². The second-order valence-electron chi connectivity index (χ2n) is 5.36. The molecule has 0 unspecified atom stereocenters. The normalized spacial score (nSPS) is 10.1. The highest BCUT2D eigenvalue weighted by molar-refractivity contribution is 5.96. The first kappa shape index (κ1) is 18.3. The first-order valence-electron chi connectivity index (χ1n) is 8.10. The zero-order chi connectivity index (χ0) is 18.1. The van der Waals surface area contributed by atoms with E-state index in [4.69, 9.17) is 4.42 Å². The molecule has 0 saturated heterocycles. The largest absolute Gasteiger partial charge is 0.459 e. The Balaban J connectivity index is 1.73. The molecular formula is C18H21N3O4. The average Bonchev–Trinajstić information content (AvgIpc) is 3.14. The Morgan fingerprint density at radius 1 is 0.960 bits per heavy atom. The monoisotopic (exact) mass is 343 g/mol. The third-order valence-corrected chi connectivity index (χ3v) is 3.35. The van der Waals surface area contributed by atoms with Crippen molar-refractivity contribution in [2.24, 2.45) is 0 Å². The Hall–Kier alpha value is -3.09. The number of rotatable bonds is 8. The molecule has 7 nitrogen and oxygen atoms in total. The minimum Gasteiger partial charge on any atom is -0.459 e. The Morgan fingerprint density at radius 3 is 2.24 bits per heavy atom. The summed E-state index contributed by atoms with van der Waals surface area (Å²) in [6.45, 7) is 2.51. The van der Waals surface area contributed by atoms with Crippen molar-refractivity contribution in [3.63, 3.8) is 0 Å². The van der Waals surface area contributed by atoms with Crippen LogP contribution < -0.4 is 16.0 Å². The third kappa shape index (κ3) is 5.80. The van der Waals surface area contributed by atoms with Crippen molar-refractivity contribution in [3.8, 4) is 0 Å². The number of nitrogens with one attached hydrogen (secondary N) is 3. The standard InChI is InChI=1S/C18H21N3O4/c1-2-4-16(22)21-14-8-6-13(7-9-14)17(23)19-10-11-20-18(24)15-5-3-12-25-15/h3,5-9,12H,2,4,10-11H2,1H3,(H,19,23)(H,20,24)(H,21,22). The molecule has 7 heteroatoms. The van der Waals surface area contributed by atoms with Crippen LogP contribution in [0.1, 0.15) is 40.7 Å². The summed E-state index contributed by atoms with van der Waals surface area (Å²) in [7, 11) is 0. The summed E-state index contributed by atoms with van der Waals surface area (Å²) >= 11 is 0. The van der Waals surface area contributed by atoms with E-state index in [0.29, 0.717) is 24.2 Å². The molecule has 0 radical (unpaired) electrons. The minimum atomic E-state index is -0.327. The predicted molar refractivity (Wildman–Crippen MR) is 93.4 cm³/mol. The Kier molecular flexibility index (Phi) is 6.76. The second kappa shape index (κ2) is 9.27. The maximum absolute atomic E-state index is 12.0. The van der Waals surface area contributed by atoms with Gasteiger partial charge in [-0.1, -0.05) is 6.92 Å². The molecule has 1 aromatic carbocycles. The quantitative estimate of drug-likeness (QED) is 0.640. The van der Waals surface area contributed by atoms with Crippen LogP contribution >= 0.6 is 0 Å². The lowest BCUT2D eigenvalue weighted by molar-refractivity contribution is -0.116. The van der Waals surface area contributed by atoms with Gasteiger partial charge >= 0.3 is 0 Å². The van der Waals surface area contributed by atoms with E-state index in [2.05, 4.69) is 16.0 Å². The molecule has 3 N–H and O–H groups in total. The lowest BCUT2D eigenvalue weighted by Crippen LogP contribution is -2.34. The Bertz CT molecular complexity index is 708. The van der Waals surface area contributed by atoms with E-state index in [1.165, 1.54) is 6.26 Å². The van der Waals surface area contributed by atoms with Gasteiger partial charge in [-0.15, -0.1) is 0 Å². The molecule has 1 aromatic heterocycles. The van der Waals surface area contributed by atoms with E-state index >= 15 is 0 Å². The molecule has 0 aliphatic heterocycles. The van der Waals surface area contributed by atoms with E-state index in [1.807, 2.05) is 6.92 Å². The Morgan fingerprint density at radius 2 is 1.64 bits per heavy atom. The number of furan rings is 1. The molecule has 0 saturated carbocycles. The van der Waals surface area contributed by atoms with Gasteiger partial charge in [-0.25, -0.2) is 0 Å². The fourth-order valence-corrected chi connectivity index (χ4v) is 2.10. The van der Waals surface area contributed by atoms with Crippen LogP contribution in [-0.2, 0) is 4.79 Å². The van der Waals surface area contributed by atoms with Crippen LogP contribution in [0.5, 0.6) is 0 Å². The van der Waals surface area contributed by atoms with Crippen molar-refractivity contribution in [2.45, 2.75) is 19.8 Å². The van der Waals surface area contributed by atoms with Gasteiger partial charge in [0.1, 0.15) is 0 Å². The van der Waals surface area contributed by atoms with Crippen LogP contribution in [0.25, 0.3) is 0 Å². The van der Waals surface area contributed by atoms with Crippen LogP contribution in [0, 0.1) is 0 Å². The van der Waals surface area contributed by atoms with Gasteiger partial charge < -0.3 is 20.4 Å². The number of hydrogen-bond donors (Lipinski definition) is 3. The molecule has 3 amide bonds. The predicted octanol–water partition coefficient (Wildman–Crippen LogP) is 2.18. The van der Waals surface area contributed by atoms with Gasteiger partial charge in [-0.3, -0.25) is 14.4 Å². The minimum absolute atomic E-state index is 0.0491. The summed E-state index contributed by atoms with van der Waals surface area (Å²) < 4.78 is 4.97. The summed E-state index contributed by atoms with van der Waals surface area (Å²) in [5.74, 6) is -0.399. The molecule has 0 aliphatic carbocycles. The lowest BCUT2D eigenvalue weighted by Gasteiger charge is -2.08. The molecule has 0 aliphatic rings. The maximum Gasteiger partial charge on any atom is 0.287 e. The molecule has 2 rings (SSSR count). The Labute approximate surface area is 145 Å². The van der Waals surface area contributed by atoms with Gasteiger partial charge in [-0.2, -0.15) is 0 Å². The topological polar surface area (TPSA) is 100 Å². The summed E-state index contributed by atoms with van der Waals surface area (Å²) in [6.07, 6.45) is 2.67. The molecule has 0 atom stereocenters. The van der Waals surface area contributed by atoms with E-state index in [1.54, 1.807) is 36.4 Å². The van der Waals surface area contributed by atoms with Gasteiger partial charge in [0.25, 0.3) is 11.8 Å². The van der Waals surface area contributed by atoms with Crippen molar-refractivity contribution in [1.82, 2.24) is 10.6 Å². The zero-order valence-corrected chi connectivity index (χ0v) is 14.0. The number of anilines is 1. The molecule has 2 aromatic rings. The molecule has 0 bridgehead atoms. The number of hydrogen-bond acceptors (Lipinski definition) is 4. The SMILES string of the molecule is CCCC(=O)Nc1ccc(C(=O)NCCNC(=O)c2ccco2)cc1. The molecule has 25 heavy (non-hydrogen) atoms. The summed E-state index contributed by atoms with van der Waals surface area (Å²) in [4.78, 5) is 35.2. The third-order valence-electron chi connectivity index (χ3n) is 3.35. The molecule has 1 heterocycles. The van der Waals surface area contributed by atoms with Crippen LogP contribution in [0.3, 0.4) is 0 Å². The molecular weight excluding hydrogens is 322 g/mol. The number of carbonyl (C=O) groups is 3. The van der Waals surface area contributed by atoms with Gasteiger partial charge in [0.2, 0.25) is 5.91 Å². The molecule has 0 spiro atoms. The smallest absolute Gasteiger partial charge is 0.287 e. The first-order valence-corrected chi connectivity index (χ1v) is 8.10. The molecule has 0 fully saturated rings. The number of carbonyl (C=O) groups excluding carboxylic acids is 3. The highest BCUT2D eigenvalue weighted by Gasteiger charge is 2.08. The van der Waals surface area contributed by atoms with Crippen molar-refractivity contribution in [2.75, 3.05) is 18.4 Å². The summed E-state index contributed by atoms with van der Waals surface area (Å²) in [5, 5.41) is 8.11. The van der Waals surface area contributed by atoms with Crippen molar-refractivity contribution < 1.29 is 18.8 Å². The van der Waals surface area contributed by atoms with Gasteiger partial charge in [0, 0.05) is 30.8 Å². The fraction of sp³-hybridized carbons (Fsp3) is 0.278. The van der Waals surface area contributed by atoms with Crippen LogP contribution in [0.4, 0.5) is 5.69 Å². The van der Waals surface area contributed by atoms with Crippen LogP contribution in [0.15, 0.2) is 47.1 Å². The number of amides is 3. The first-order chi connectivity index (χ1) is 12.1. The van der Waals surface area contributed by atoms with Crippen molar-refractivity contribution >= 4 is 23.4 Å². The van der Waals surface area contributed by atoms with Crippen molar-refractivity contribution in [3.05, 3.63) is 54.0 Å². The van der Waals surface area contributed by atoms with E-state index < -0.39 is 0 Å². The summed E-state index contributed by atoms with van der Waals surface area (Å²) in [5.41, 5.74) is 1.13. The summed E-state index contributed by atoms with van der Waals surface area (Å²) in [6, 6.07) is 9.83. The highest BCUT2D eigenvalue weighted by atomic mass is 16.3. The van der Waals surface area contributed by atoms with Crippen molar-refractivity contribution in [1.29, 1.82) is 0 Å². The lowest BCUT2D eigenvalue weighted by atomic mass is 10.2. The van der Waals surface area contributed by atoms with E-state index in [0.717, 1.165) is 6.42 Å². The molecule has 132 valence electrons. The number of benzene rings is 1. The van der Waals surface area contributed by atoms with Gasteiger partial charge in [0.15, 0.2) is 5.76 Å². The van der Waals surface area contributed by atoms with Gasteiger partial charge in [0.05, 0.1) is 6.26 Å². The van der Waals surface area contributed by atoms with E-state index in [-0.39, 0.29) is 30.0 Å². The highest BCUT2D eigenvalue weighted by Crippen LogP contribution is 2.10. The zero-order valence-electron chi connectivity index (χ0n) is 14.0. The van der Waals surface area contributed by atoms with Crippen LogP contribution in [0.2, 0.25) is 0 Å². The van der Waals surface area contributed by atoms with Crippen LogP contribution in [-0.4, -0.2) is 30.8 Å².